The molecule has 0 rings (SSSR count). The lowest BCUT2D eigenvalue weighted by Crippen LogP contribution is -3.00. The van der Waals surface area contributed by atoms with Gasteiger partial charge in [-0.3, -0.25) is 4.79 Å². The Morgan fingerprint density at radius 3 is 1.94 bits per heavy atom. The average Bonchev–Trinajstić information content (AvgIpc) is 2.24. The van der Waals surface area contributed by atoms with Crippen LogP contribution in [0, 0.1) is 0 Å². The van der Waals surface area contributed by atoms with Crippen molar-refractivity contribution in [2.75, 3.05) is 32.7 Å². The molecule has 0 radical (unpaired) electrons. The lowest BCUT2D eigenvalue weighted by molar-refractivity contribution is -0.922. The van der Waals surface area contributed by atoms with Gasteiger partial charge in [0.1, 0.15) is 0 Å². The highest BCUT2D eigenvalue weighted by molar-refractivity contribution is 5.91. The van der Waals surface area contributed by atoms with E-state index in [1.807, 2.05) is 0 Å². The first-order chi connectivity index (χ1) is 7.01. The maximum atomic E-state index is 11.3. The number of hydrogen-bond acceptors (Lipinski definition) is 1. The zero-order chi connectivity index (χ0) is 11.9. The van der Waals surface area contributed by atoms with Crippen LogP contribution in [0.1, 0.15) is 27.7 Å². The largest absolute Gasteiger partial charge is 1.00 e. The Labute approximate surface area is 117 Å². The molecule has 0 aliphatic carbocycles. The van der Waals surface area contributed by atoms with Crippen LogP contribution in [0.3, 0.4) is 0 Å². The Hall–Kier alpha value is -0.100. The first-order valence-corrected chi connectivity index (χ1v) is 5.80. The van der Waals surface area contributed by atoms with Crippen LogP contribution >= 0.6 is 0 Å². The molecule has 0 aromatic carbocycles. The third kappa shape index (κ3) is 5.84. The van der Waals surface area contributed by atoms with E-state index in [2.05, 4.69) is 32.7 Å². The molecule has 4 heteroatoms. The van der Waals surface area contributed by atoms with Crippen LogP contribution < -0.4 is 29.3 Å². The number of nitrogens with zero attached hydrogens (tertiary/aromatic N) is 1. The number of carbonyl (C=O) groups is 1. The van der Waals surface area contributed by atoms with Crippen molar-refractivity contribution in [3.05, 3.63) is 12.2 Å². The summed E-state index contributed by atoms with van der Waals surface area (Å²) in [7, 11) is 0. The highest BCUT2D eigenvalue weighted by Gasteiger charge is 2.20. The highest BCUT2D eigenvalue weighted by Crippen LogP contribution is 2.04. The summed E-state index contributed by atoms with van der Waals surface area (Å²) in [5.74, 6) is -0.0311. The number of hydrogen-bond donors (Lipinski definition) is 1. The molecular formula is C12H25IN2O. The average molecular weight is 340 g/mol. The van der Waals surface area contributed by atoms with Crippen molar-refractivity contribution in [2.24, 2.45) is 0 Å². The molecule has 0 heterocycles. The molecule has 0 aromatic heterocycles. The molecule has 1 amide bonds. The Bertz CT molecular complexity index is 217. The molecule has 0 bridgehead atoms. The smallest absolute Gasteiger partial charge is 0.246 e. The third-order valence-electron chi connectivity index (χ3n) is 3.27. The summed E-state index contributed by atoms with van der Waals surface area (Å²) in [6.07, 6.45) is 0. The summed E-state index contributed by atoms with van der Waals surface area (Å²) < 4.78 is 1.07. The van der Waals surface area contributed by atoms with E-state index >= 15 is 0 Å². The first kappa shape index (κ1) is 18.3. The van der Waals surface area contributed by atoms with E-state index in [0.717, 1.165) is 37.2 Å². The van der Waals surface area contributed by atoms with E-state index in [0.29, 0.717) is 5.57 Å². The second-order valence-corrected chi connectivity index (χ2v) is 4.05. The highest BCUT2D eigenvalue weighted by atomic mass is 127. The Kier molecular flexibility index (Phi) is 10.3. The van der Waals surface area contributed by atoms with Crippen molar-refractivity contribution in [3.8, 4) is 0 Å². The van der Waals surface area contributed by atoms with Crippen LogP contribution in [-0.4, -0.2) is 43.1 Å². The molecule has 0 atom stereocenters. The fraction of sp³-hybridized carbons (Fsp3) is 0.750. The predicted molar refractivity (Wildman–Crippen MR) is 64.6 cm³/mol. The predicted octanol–water partition coefficient (Wildman–Crippen LogP) is -1.44. The van der Waals surface area contributed by atoms with Crippen LogP contribution in [0.2, 0.25) is 0 Å². The zero-order valence-electron chi connectivity index (χ0n) is 11.0. The van der Waals surface area contributed by atoms with Crippen LogP contribution in [0.5, 0.6) is 0 Å². The summed E-state index contributed by atoms with van der Waals surface area (Å²) in [5.41, 5.74) is 0.581. The van der Waals surface area contributed by atoms with E-state index in [4.69, 9.17) is 0 Å². The van der Waals surface area contributed by atoms with Crippen molar-refractivity contribution in [1.29, 1.82) is 0 Å². The van der Waals surface area contributed by atoms with E-state index in [9.17, 15) is 4.79 Å². The SMILES string of the molecule is C=C(C)C(=O)NCC[N+](CC)(CC)CC.[I-]. The van der Waals surface area contributed by atoms with Gasteiger partial charge >= 0.3 is 0 Å². The summed E-state index contributed by atoms with van der Waals surface area (Å²) in [5, 5.41) is 2.89. The van der Waals surface area contributed by atoms with Gasteiger partial charge in [0.25, 0.3) is 0 Å². The molecule has 0 aliphatic rings. The van der Waals surface area contributed by atoms with Crippen molar-refractivity contribution in [1.82, 2.24) is 5.32 Å². The molecule has 0 fully saturated rings. The number of halogens is 1. The van der Waals surface area contributed by atoms with Crippen molar-refractivity contribution in [2.45, 2.75) is 27.7 Å². The second kappa shape index (κ2) is 8.98. The molecule has 0 spiro atoms. The van der Waals surface area contributed by atoms with Gasteiger partial charge in [-0.2, -0.15) is 0 Å². The first-order valence-electron chi connectivity index (χ1n) is 5.80. The zero-order valence-corrected chi connectivity index (χ0v) is 13.1. The van der Waals surface area contributed by atoms with Gasteiger partial charge in [-0.15, -0.1) is 0 Å². The molecule has 0 saturated heterocycles. The van der Waals surface area contributed by atoms with Crippen LogP contribution in [0.25, 0.3) is 0 Å². The normalized spacial score (nSPS) is 10.5. The topological polar surface area (TPSA) is 29.1 Å². The summed E-state index contributed by atoms with van der Waals surface area (Å²) in [6, 6.07) is 0. The lowest BCUT2D eigenvalue weighted by atomic mass is 10.3. The minimum absolute atomic E-state index is 0. The third-order valence-corrected chi connectivity index (χ3v) is 3.27. The van der Waals surface area contributed by atoms with Gasteiger partial charge in [-0.05, 0) is 27.7 Å². The fourth-order valence-electron chi connectivity index (χ4n) is 1.70. The Morgan fingerprint density at radius 2 is 1.62 bits per heavy atom. The standard InChI is InChI=1S/C12H24N2O.HI/c1-6-14(7-2,8-3)10-9-13-12(15)11(4)5;/h4,6-10H2,1-3,5H3;1H. The molecule has 3 nitrogen and oxygen atoms in total. The van der Waals surface area contributed by atoms with Gasteiger partial charge < -0.3 is 33.8 Å². The van der Waals surface area contributed by atoms with Crippen molar-refractivity contribution in [3.63, 3.8) is 0 Å². The fourth-order valence-corrected chi connectivity index (χ4v) is 1.70. The molecule has 16 heavy (non-hydrogen) atoms. The van der Waals surface area contributed by atoms with Gasteiger partial charge in [-0.1, -0.05) is 6.58 Å². The summed E-state index contributed by atoms with van der Waals surface area (Å²) in [6.45, 7) is 17.1. The number of rotatable bonds is 7. The van der Waals surface area contributed by atoms with E-state index < -0.39 is 0 Å². The maximum absolute atomic E-state index is 11.3. The van der Waals surface area contributed by atoms with Gasteiger partial charge in [0.05, 0.1) is 32.7 Å². The number of nitrogens with one attached hydrogen (secondary N) is 1. The molecule has 96 valence electrons. The van der Waals surface area contributed by atoms with Crippen LogP contribution in [0.4, 0.5) is 0 Å². The monoisotopic (exact) mass is 340 g/mol. The molecular weight excluding hydrogens is 315 g/mol. The van der Waals surface area contributed by atoms with Gasteiger partial charge in [0.2, 0.25) is 5.91 Å². The molecule has 1 N–H and O–H groups in total. The van der Waals surface area contributed by atoms with Crippen molar-refractivity contribution >= 4 is 5.91 Å². The lowest BCUT2D eigenvalue weighted by Gasteiger charge is -2.35. The second-order valence-electron chi connectivity index (χ2n) is 4.05. The van der Waals surface area contributed by atoms with Gasteiger partial charge in [0, 0.05) is 5.57 Å². The minimum atomic E-state index is -0.0311. The molecule has 0 unspecified atom stereocenters. The molecule has 0 saturated carbocycles. The molecule has 0 aromatic rings. The van der Waals surface area contributed by atoms with Gasteiger partial charge in [0.15, 0.2) is 0 Å². The number of likely N-dealkylation sites (N-methyl/N-ethyl adjacent to an activating group) is 1. The Morgan fingerprint density at radius 1 is 1.19 bits per heavy atom. The quantitative estimate of drug-likeness (QED) is 0.343. The number of carbonyl (C=O) groups excluding carboxylic acids is 1. The van der Waals surface area contributed by atoms with E-state index in [-0.39, 0.29) is 29.9 Å². The minimum Gasteiger partial charge on any atom is -1.00 e. The maximum Gasteiger partial charge on any atom is 0.246 e. The van der Waals surface area contributed by atoms with Gasteiger partial charge in [-0.25, -0.2) is 0 Å². The number of amides is 1. The van der Waals surface area contributed by atoms with Crippen LogP contribution in [-0.2, 0) is 4.79 Å². The Balaban J connectivity index is 0. The number of quaternary nitrogens is 1. The van der Waals surface area contributed by atoms with Crippen LogP contribution in [0.15, 0.2) is 12.2 Å². The van der Waals surface area contributed by atoms with E-state index in [1.165, 1.54) is 0 Å². The van der Waals surface area contributed by atoms with E-state index in [1.54, 1.807) is 6.92 Å². The summed E-state index contributed by atoms with van der Waals surface area (Å²) >= 11 is 0. The molecule has 0 aliphatic heterocycles. The van der Waals surface area contributed by atoms with Crippen molar-refractivity contribution < 1.29 is 33.3 Å². The summed E-state index contributed by atoms with van der Waals surface area (Å²) in [4.78, 5) is 11.3.